The molecule has 0 bridgehead atoms. The molecule has 1 atom stereocenters. The van der Waals surface area contributed by atoms with E-state index in [1.54, 1.807) is 18.2 Å². The number of para-hydroxylation sites is 2. The molecule has 2 N–H and O–H groups in total. The normalized spacial score (nSPS) is 14.2. The Balaban J connectivity index is 1.46. The molecule has 2 aromatic rings. The Kier molecular flexibility index (Phi) is 6.31. The Morgan fingerprint density at radius 1 is 1.24 bits per heavy atom. The Hall–Kier alpha value is -3.16. The van der Waals surface area contributed by atoms with E-state index >= 15 is 0 Å². The highest BCUT2D eigenvalue weighted by molar-refractivity contribution is 6.10. The van der Waals surface area contributed by atoms with Gasteiger partial charge in [-0.2, -0.15) is 5.10 Å². The number of hydrogen-bond donors (Lipinski definition) is 2. The molecule has 0 saturated carbocycles. The lowest BCUT2D eigenvalue weighted by Crippen LogP contribution is -2.42. The van der Waals surface area contributed by atoms with Gasteiger partial charge in [-0.3, -0.25) is 19.1 Å². The van der Waals surface area contributed by atoms with E-state index < -0.39 is 0 Å². The van der Waals surface area contributed by atoms with Crippen LogP contribution in [0.15, 0.2) is 30.3 Å². The van der Waals surface area contributed by atoms with Gasteiger partial charge >= 0.3 is 0 Å². The summed E-state index contributed by atoms with van der Waals surface area (Å²) >= 11 is 0. The zero-order valence-corrected chi connectivity index (χ0v) is 17.1. The summed E-state index contributed by atoms with van der Waals surface area (Å²) in [6.45, 7) is 7.22. The molecule has 8 heteroatoms. The summed E-state index contributed by atoms with van der Waals surface area (Å²) in [5, 5.41) is 10.1. The molecule has 8 nitrogen and oxygen atoms in total. The molecule has 0 radical (unpaired) electrons. The predicted octanol–water partition coefficient (Wildman–Crippen LogP) is 2.02. The quantitative estimate of drug-likeness (QED) is 0.747. The highest BCUT2D eigenvalue weighted by Gasteiger charge is 2.26. The molecule has 0 aliphatic carbocycles. The first-order valence-electron chi connectivity index (χ1n) is 9.80. The lowest BCUT2D eigenvalue weighted by atomic mass is 10.1. The smallest absolute Gasteiger partial charge is 0.244 e. The van der Waals surface area contributed by atoms with Crippen molar-refractivity contribution in [1.29, 1.82) is 0 Å². The molecule has 0 fully saturated rings. The van der Waals surface area contributed by atoms with Crippen molar-refractivity contribution in [2.75, 3.05) is 23.3 Å². The van der Waals surface area contributed by atoms with Crippen molar-refractivity contribution in [2.24, 2.45) is 5.92 Å². The molecule has 154 valence electrons. The maximum Gasteiger partial charge on any atom is 0.244 e. The number of carbonyl (C=O) groups is 3. The largest absolute Gasteiger partial charge is 0.356 e. The van der Waals surface area contributed by atoms with Gasteiger partial charge in [0.1, 0.15) is 6.54 Å². The average molecular weight is 397 g/mol. The number of aryl methyl sites for hydroxylation is 2. The lowest BCUT2D eigenvalue weighted by molar-refractivity contribution is -0.125. The first kappa shape index (κ1) is 20.6. The fourth-order valence-corrected chi connectivity index (χ4v) is 3.41. The molecule has 0 spiro atoms. The van der Waals surface area contributed by atoms with Crippen molar-refractivity contribution in [1.82, 2.24) is 15.1 Å². The molecule has 1 aromatic carbocycles. The molecule has 3 amide bonds. The van der Waals surface area contributed by atoms with Crippen LogP contribution in [0.4, 0.5) is 11.4 Å². The van der Waals surface area contributed by atoms with Crippen LogP contribution in [-0.4, -0.2) is 40.6 Å². The highest BCUT2D eigenvalue weighted by atomic mass is 16.2. The van der Waals surface area contributed by atoms with Gasteiger partial charge in [-0.15, -0.1) is 0 Å². The van der Waals surface area contributed by atoms with E-state index in [1.165, 1.54) is 4.90 Å². The van der Waals surface area contributed by atoms with Crippen LogP contribution >= 0.6 is 0 Å². The number of rotatable bonds is 7. The summed E-state index contributed by atoms with van der Waals surface area (Å²) in [7, 11) is 0. The third-order valence-electron chi connectivity index (χ3n) is 4.87. The maximum absolute atomic E-state index is 12.6. The van der Waals surface area contributed by atoms with Crippen LogP contribution in [0, 0.1) is 19.8 Å². The second-order valence-corrected chi connectivity index (χ2v) is 7.56. The molecule has 3 rings (SSSR count). The van der Waals surface area contributed by atoms with E-state index in [0.717, 1.165) is 17.9 Å². The van der Waals surface area contributed by atoms with E-state index in [2.05, 4.69) is 15.7 Å². The van der Waals surface area contributed by atoms with Gasteiger partial charge in [-0.25, -0.2) is 0 Å². The van der Waals surface area contributed by atoms with E-state index in [0.29, 0.717) is 17.9 Å². The van der Waals surface area contributed by atoms with E-state index in [1.807, 2.05) is 37.6 Å². The number of carbonyl (C=O) groups excluding carboxylic acids is 3. The molecule has 1 aliphatic rings. The number of anilines is 2. The Morgan fingerprint density at radius 3 is 2.72 bits per heavy atom. The van der Waals surface area contributed by atoms with Gasteiger partial charge in [0.2, 0.25) is 17.7 Å². The van der Waals surface area contributed by atoms with Crippen molar-refractivity contribution < 1.29 is 14.4 Å². The molecular weight excluding hydrogens is 370 g/mol. The van der Waals surface area contributed by atoms with Crippen molar-refractivity contribution in [3.63, 3.8) is 0 Å². The topological polar surface area (TPSA) is 96.3 Å². The number of nitrogens with one attached hydrogen (secondary N) is 2. The monoisotopic (exact) mass is 397 g/mol. The summed E-state index contributed by atoms with van der Waals surface area (Å²) < 4.78 is 1.94. The third kappa shape index (κ3) is 5.22. The standard InChI is InChI=1S/C21H27N5O3/c1-14(12-26-16(3)10-15(2)24-26)11-22-19(27)8-9-21(29)25-13-20(28)23-17-6-4-5-7-18(17)25/h4-7,10,14H,8-9,11-13H2,1-3H3,(H,22,27)(H,23,28)/t14-/m0/s1. The summed E-state index contributed by atoms with van der Waals surface area (Å²) in [6.07, 6.45) is 0.144. The van der Waals surface area contributed by atoms with Crippen LogP contribution in [0.2, 0.25) is 0 Å². The van der Waals surface area contributed by atoms with Crippen molar-refractivity contribution in [3.8, 4) is 0 Å². The van der Waals surface area contributed by atoms with Gasteiger partial charge in [-0.1, -0.05) is 19.1 Å². The summed E-state index contributed by atoms with van der Waals surface area (Å²) in [5.74, 6) is -0.434. The fraction of sp³-hybridized carbons (Fsp3) is 0.429. The van der Waals surface area contributed by atoms with Crippen LogP contribution in [0.25, 0.3) is 0 Å². The zero-order valence-electron chi connectivity index (χ0n) is 17.1. The Labute approximate surface area is 170 Å². The van der Waals surface area contributed by atoms with E-state index in [-0.39, 0.29) is 43.0 Å². The molecule has 0 saturated heterocycles. The van der Waals surface area contributed by atoms with Gasteiger partial charge in [0.25, 0.3) is 0 Å². The van der Waals surface area contributed by atoms with Crippen LogP contribution in [0.5, 0.6) is 0 Å². The van der Waals surface area contributed by atoms with E-state index in [4.69, 9.17) is 0 Å². The SMILES string of the molecule is Cc1cc(C)n(C[C@@H](C)CNC(=O)CCC(=O)N2CC(=O)Nc3ccccc32)n1. The molecular formula is C21H27N5O3. The predicted molar refractivity (Wildman–Crippen MR) is 111 cm³/mol. The van der Waals surface area contributed by atoms with Gasteiger partial charge in [-0.05, 0) is 38.0 Å². The second kappa shape index (κ2) is 8.89. The number of fused-ring (bicyclic) bond motifs is 1. The molecule has 29 heavy (non-hydrogen) atoms. The Bertz CT molecular complexity index is 921. The van der Waals surface area contributed by atoms with Crippen molar-refractivity contribution in [3.05, 3.63) is 41.7 Å². The summed E-state index contributed by atoms with van der Waals surface area (Å²) in [5.41, 5.74) is 3.35. The average Bonchev–Trinajstić information content (AvgIpc) is 3.00. The third-order valence-corrected chi connectivity index (χ3v) is 4.87. The fourth-order valence-electron chi connectivity index (χ4n) is 3.41. The van der Waals surface area contributed by atoms with Gasteiger partial charge in [0.05, 0.1) is 17.1 Å². The number of amides is 3. The van der Waals surface area contributed by atoms with Crippen molar-refractivity contribution in [2.45, 2.75) is 40.2 Å². The van der Waals surface area contributed by atoms with E-state index in [9.17, 15) is 14.4 Å². The molecule has 1 aromatic heterocycles. The maximum atomic E-state index is 12.6. The number of hydrogen-bond acceptors (Lipinski definition) is 4. The minimum absolute atomic E-state index is 0.0306. The Morgan fingerprint density at radius 2 is 2.00 bits per heavy atom. The first-order valence-corrected chi connectivity index (χ1v) is 9.80. The van der Waals surface area contributed by atoms with Crippen LogP contribution in [0.1, 0.15) is 31.2 Å². The minimum atomic E-state index is -0.238. The lowest BCUT2D eigenvalue weighted by Gasteiger charge is -2.29. The number of nitrogens with zero attached hydrogens (tertiary/aromatic N) is 3. The summed E-state index contributed by atoms with van der Waals surface area (Å²) in [4.78, 5) is 38.0. The van der Waals surface area contributed by atoms with Crippen molar-refractivity contribution >= 4 is 29.1 Å². The molecule has 0 unspecified atom stereocenters. The van der Waals surface area contributed by atoms with Gasteiger partial charge in [0, 0.05) is 31.6 Å². The zero-order chi connectivity index (χ0) is 21.0. The molecule has 1 aliphatic heterocycles. The minimum Gasteiger partial charge on any atom is -0.356 e. The van der Waals surface area contributed by atoms with Crippen LogP contribution in [-0.2, 0) is 20.9 Å². The van der Waals surface area contributed by atoms with Crippen LogP contribution in [0.3, 0.4) is 0 Å². The second-order valence-electron chi connectivity index (χ2n) is 7.56. The van der Waals surface area contributed by atoms with Gasteiger partial charge < -0.3 is 15.5 Å². The molecule has 2 heterocycles. The first-order chi connectivity index (χ1) is 13.8. The number of aromatic nitrogens is 2. The summed E-state index contributed by atoms with van der Waals surface area (Å²) in [6, 6.07) is 9.17. The van der Waals surface area contributed by atoms with Gasteiger partial charge in [0.15, 0.2) is 0 Å². The highest BCUT2D eigenvalue weighted by Crippen LogP contribution is 2.29. The van der Waals surface area contributed by atoms with Crippen LogP contribution < -0.4 is 15.5 Å². The number of benzene rings is 1.